The Morgan fingerprint density at radius 1 is 0.905 bits per heavy atom. The standard InChI is InChI=1S/C10H13Cl2N3O4S2/c11-9-2-1-8(7-10(9)12)20(16,17)14-3-5-15(6-4-14)21(13,18)19/h1-2,7H,3-6H2,(H2,13,18,19). The van der Waals surface area contributed by atoms with Crippen molar-refractivity contribution in [1.29, 1.82) is 0 Å². The number of sulfonamides is 1. The second kappa shape index (κ2) is 5.99. The van der Waals surface area contributed by atoms with Gasteiger partial charge in [0.15, 0.2) is 0 Å². The van der Waals surface area contributed by atoms with E-state index >= 15 is 0 Å². The van der Waals surface area contributed by atoms with Crippen LogP contribution < -0.4 is 5.14 Å². The van der Waals surface area contributed by atoms with Gasteiger partial charge in [-0.3, -0.25) is 0 Å². The molecule has 118 valence electrons. The first kappa shape index (κ1) is 16.9. The van der Waals surface area contributed by atoms with Crippen molar-refractivity contribution in [2.24, 2.45) is 5.14 Å². The molecule has 1 aromatic rings. The number of hydrogen-bond donors (Lipinski definition) is 1. The highest BCUT2D eigenvalue weighted by Crippen LogP contribution is 2.27. The fourth-order valence-corrected chi connectivity index (χ4v) is 4.43. The molecule has 1 fully saturated rings. The predicted octanol–water partition coefficient (Wildman–Crippen LogP) is 0.503. The molecule has 1 saturated heterocycles. The zero-order chi connectivity index (χ0) is 15.8. The van der Waals surface area contributed by atoms with Gasteiger partial charge in [-0.2, -0.15) is 17.0 Å². The molecule has 7 nitrogen and oxygen atoms in total. The maximum Gasteiger partial charge on any atom is 0.276 e. The monoisotopic (exact) mass is 373 g/mol. The molecule has 0 aromatic heterocycles. The Morgan fingerprint density at radius 3 is 1.90 bits per heavy atom. The van der Waals surface area contributed by atoms with E-state index in [0.717, 1.165) is 4.31 Å². The van der Waals surface area contributed by atoms with Crippen LogP contribution in [-0.2, 0) is 20.2 Å². The number of hydrogen-bond acceptors (Lipinski definition) is 4. The normalized spacial score (nSPS) is 18.8. The van der Waals surface area contributed by atoms with E-state index in [9.17, 15) is 16.8 Å². The summed E-state index contributed by atoms with van der Waals surface area (Å²) in [7, 11) is -7.54. The molecule has 1 aromatic carbocycles. The molecular formula is C10H13Cl2N3O4S2. The lowest BCUT2D eigenvalue weighted by molar-refractivity contribution is 0.273. The van der Waals surface area contributed by atoms with Crippen LogP contribution in [0.15, 0.2) is 23.1 Å². The van der Waals surface area contributed by atoms with Gasteiger partial charge in [-0.15, -0.1) is 0 Å². The van der Waals surface area contributed by atoms with Crippen LogP contribution in [0.4, 0.5) is 0 Å². The number of rotatable bonds is 3. The molecule has 1 aliphatic rings. The molecule has 0 amide bonds. The molecule has 11 heteroatoms. The number of halogens is 2. The van der Waals surface area contributed by atoms with Crippen LogP contribution in [0, 0.1) is 0 Å². The van der Waals surface area contributed by atoms with Crippen LogP contribution in [-0.4, -0.2) is 51.6 Å². The quantitative estimate of drug-likeness (QED) is 0.833. The Bertz CT molecular complexity index is 744. The van der Waals surface area contributed by atoms with Crippen molar-refractivity contribution in [3.05, 3.63) is 28.2 Å². The largest absolute Gasteiger partial charge is 0.276 e. The molecule has 0 bridgehead atoms. The van der Waals surface area contributed by atoms with Crippen LogP contribution in [0.2, 0.25) is 10.0 Å². The van der Waals surface area contributed by atoms with Crippen LogP contribution in [0.1, 0.15) is 0 Å². The van der Waals surface area contributed by atoms with Crippen LogP contribution in [0.25, 0.3) is 0 Å². The van der Waals surface area contributed by atoms with E-state index in [1.165, 1.54) is 22.5 Å². The molecule has 1 aliphatic heterocycles. The van der Waals surface area contributed by atoms with Crippen molar-refractivity contribution in [1.82, 2.24) is 8.61 Å². The average molecular weight is 374 g/mol. The van der Waals surface area contributed by atoms with Crippen molar-refractivity contribution in [2.75, 3.05) is 26.2 Å². The minimum Gasteiger partial charge on any atom is -0.216 e. The summed E-state index contributed by atoms with van der Waals surface area (Å²) in [6.07, 6.45) is 0. The zero-order valence-electron chi connectivity index (χ0n) is 10.7. The molecule has 0 atom stereocenters. The molecule has 21 heavy (non-hydrogen) atoms. The third-order valence-electron chi connectivity index (χ3n) is 3.09. The molecule has 0 radical (unpaired) electrons. The van der Waals surface area contributed by atoms with Gasteiger partial charge in [0.2, 0.25) is 10.0 Å². The van der Waals surface area contributed by atoms with Gasteiger partial charge in [0.1, 0.15) is 0 Å². The molecule has 0 spiro atoms. The van der Waals surface area contributed by atoms with E-state index in [1.54, 1.807) is 0 Å². The van der Waals surface area contributed by atoms with Gasteiger partial charge in [0, 0.05) is 26.2 Å². The summed E-state index contributed by atoms with van der Waals surface area (Å²) in [5.74, 6) is 0. The zero-order valence-corrected chi connectivity index (χ0v) is 13.9. The highest BCUT2D eigenvalue weighted by molar-refractivity contribution is 7.89. The summed E-state index contributed by atoms with van der Waals surface area (Å²) in [5.41, 5.74) is 0. The van der Waals surface area contributed by atoms with E-state index in [2.05, 4.69) is 0 Å². The van der Waals surface area contributed by atoms with Crippen molar-refractivity contribution in [2.45, 2.75) is 4.90 Å². The average Bonchev–Trinajstić information content (AvgIpc) is 2.41. The molecule has 1 heterocycles. The topological polar surface area (TPSA) is 101 Å². The third kappa shape index (κ3) is 3.67. The van der Waals surface area contributed by atoms with Gasteiger partial charge in [0.25, 0.3) is 10.2 Å². The fraction of sp³-hybridized carbons (Fsp3) is 0.400. The number of nitrogens with two attached hydrogens (primary N) is 1. The lowest BCUT2D eigenvalue weighted by Crippen LogP contribution is -2.52. The molecule has 0 aliphatic carbocycles. The molecular weight excluding hydrogens is 361 g/mol. The SMILES string of the molecule is NS(=O)(=O)N1CCN(S(=O)(=O)c2ccc(Cl)c(Cl)c2)CC1. The van der Waals surface area contributed by atoms with Crippen molar-refractivity contribution >= 4 is 43.4 Å². The summed E-state index contributed by atoms with van der Waals surface area (Å²) in [6.45, 7) is 0.0801. The lowest BCUT2D eigenvalue weighted by atomic mass is 10.4. The highest BCUT2D eigenvalue weighted by Gasteiger charge is 2.31. The first-order chi connectivity index (χ1) is 9.62. The van der Waals surface area contributed by atoms with Crippen molar-refractivity contribution < 1.29 is 16.8 Å². The molecule has 0 saturated carbocycles. The van der Waals surface area contributed by atoms with Gasteiger partial charge in [-0.05, 0) is 18.2 Å². The van der Waals surface area contributed by atoms with Gasteiger partial charge in [-0.1, -0.05) is 23.2 Å². The first-order valence-electron chi connectivity index (χ1n) is 5.85. The van der Waals surface area contributed by atoms with E-state index in [-0.39, 0.29) is 41.1 Å². The number of piperazine rings is 1. The minimum atomic E-state index is -3.80. The Balaban J connectivity index is 2.20. The summed E-state index contributed by atoms with van der Waals surface area (Å²) in [4.78, 5) is 0.0148. The minimum absolute atomic E-state index is 0.0133. The highest BCUT2D eigenvalue weighted by atomic mass is 35.5. The van der Waals surface area contributed by atoms with Crippen LogP contribution >= 0.6 is 23.2 Å². The second-order valence-electron chi connectivity index (χ2n) is 4.42. The van der Waals surface area contributed by atoms with Gasteiger partial charge >= 0.3 is 0 Å². The number of nitrogens with zero attached hydrogens (tertiary/aromatic N) is 2. The Labute approximate surface area is 133 Å². The molecule has 2 N–H and O–H groups in total. The maximum atomic E-state index is 12.4. The summed E-state index contributed by atoms with van der Waals surface area (Å²) < 4.78 is 49.5. The third-order valence-corrected chi connectivity index (χ3v) is 6.80. The van der Waals surface area contributed by atoms with E-state index < -0.39 is 20.2 Å². The molecule has 2 rings (SSSR count). The van der Waals surface area contributed by atoms with Gasteiger partial charge < -0.3 is 0 Å². The first-order valence-corrected chi connectivity index (χ1v) is 9.55. The summed E-state index contributed by atoms with van der Waals surface area (Å²) in [6, 6.07) is 4.03. The van der Waals surface area contributed by atoms with Gasteiger partial charge in [0.05, 0.1) is 14.9 Å². The molecule has 0 unspecified atom stereocenters. The summed E-state index contributed by atoms with van der Waals surface area (Å²) in [5, 5.41) is 5.41. The van der Waals surface area contributed by atoms with Gasteiger partial charge in [-0.25, -0.2) is 13.6 Å². The van der Waals surface area contributed by atoms with Crippen LogP contribution in [0.3, 0.4) is 0 Å². The number of benzene rings is 1. The predicted molar refractivity (Wildman–Crippen MR) is 79.9 cm³/mol. The Morgan fingerprint density at radius 2 is 1.43 bits per heavy atom. The second-order valence-corrected chi connectivity index (χ2v) is 8.72. The summed E-state index contributed by atoms with van der Waals surface area (Å²) >= 11 is 11.6. The Kier molecular flexibility index (Phi) is 4.84. The Hall–Kier alpha value is -0.420. The lowest BCUT2D eigenvalue weighted by Gasteiger charge is -2.32. The fourth-order valence-electron chi connectivity index (χ4n) is 1.95. The van der Waals surface area contributed by atoms with E-state index in [4.69, 9.17) is 28.3 Å². The van der Waals surface area contributed by atoms with E-state index in [1.807, 2.05) is 0 Å². The van der Waals surface area contributed by atoms with Crippen molar-refractivity contribution in [3.8, 4) is 0 Å². The van der Waals surface area contributed by atoms with Crippen LogP contribution in [0.5, 0.6) is 0 Å². The smallest absolute Gasteiger partial charge is 0.216 e. The van der Waals surface area contributed by atoms with Crippen molar-refractivity contribution in [3.63, 3.8) is 0 Å². The van der Waals surface area contributed by atoms with E-state index in [0.29, 0.717) is 0 Å². The maximum absolute atomic E-state index is 12.4.